The number of nitrogens with zero attached hydrogens (tertiary/aromatic N) is 1. The van der Waals surface area contributed by atoms with Crippen molar-refractivity contribution in [2.75, 3.05) is 32.7 Å². The van der Waals surface area contributed by atoms with E-state index in [0.717, 1.165) is 6.42 Å². The maximum absolute atomic E-state index is 11.8. The summed E-state index contributed by atoms with van der Waals surface area (Å²) in [6.07, 6.45) is 2.38. The van der Waals surface area contributed by atoms with Crippen LogP contribution in [-0.4, -0.2) is 49.6 Å². The summed E-state index contributed by atoms with van der Waals surface area (Å²) in [6.45, 7) is 5.73. The Labute approximate surface area is 131 Å². The molecule has 0 saturated carbocycles. The van der Waals surface area contributed by atoms with Crippen LogP contribution in [0.2, 0.25) is 0 Å². The molecule has 1 rings (SSSR count). The number of carbonyl (C=O) groups is 2. The number of hydrogen-bond acceptors (Lipinski definition) is 4. The highest BCUT2D eigenvalue weighted by Gasteiger charge is 2.12. The van der Waals surface area contributed by atoms with Gasteiger partial charge >= 0.3 is 6.03 Å². The van der Waals surface area contributed by atoms with Gasteiger partial charge in [-0.25, -0.2) is 4.79 Å². The van der Waals surface area contributed by atoms with Crippen LogP contribution in [-0.2, 0) is 11.2 Å². The van der Waals surface area contributed by atoms with Crippen molar-refractivity contribution in [3.8, 4) is 0 Å². The fourth-order valence-electron chi connectivity index (χ4n) is 1.96. The van der Waals surface area contributed by atoms with Crippen LogP contribution in [0.3, 0.4) is 0 Å². The van der Waals surface area contributed by atoms with E-state index in [-0.39, 0.29) is 12.5 Å². The monoisotopic (exact) mass is 304 g/mol. The van der Waals surface area contributed by atoms with Crippen molar-refractivity contribution in [3.05, 3.63) is 48.6 Å². The van der Waals surface area contributed by atoms with Crippen LogP contribution in [0.1, 0.15) is 5.56 Å². The lowest BCUT2D eigenvalue weighted by Gasteiger charge is -2.20. The second kappa shape index (κ2) is 10.5. The smallest absolute Gasteiger partial charge is 0.321 e. The quantitative estimate of drug-likeness (QED) is 0.580. The third-order valence-electron chi connectivity index (χ3n) is 3.03. The molecule has 6 nitrogen and oxygen atoms in total. The highest BCUT2D eigenvalue weighted by Crippen LogP contribution is 2.01. The molecule has 0 atom stereocenters. The van der Waals surface area contributed by atoms with Gasteiger partial charge in [0.1, 0.15) is 0 Å². The van der Waals surface area contributed by atoms with Crippen LogP contribution in [0, 0.1) is 0 Å². The van der Waals surface area contributed by atoms with Crippen molar-refractivity contribution in [1.82, 2.24) is 15.5 Å². The molecule has 120 valence electrons. The minimum atomic E-state index is -0.513. The lowest BCUT2D eigenvalue weighted by molar-refractivity contribution is -0.121. The van der Waals surface area contributed by atoms with E-state index in [1.54, 1.807) is 6.08 Å². The molecule has 0 spiro atoms. The molecule has 4 N–H and O–H groups in total. The van der Waals surface area contributed by atoms with Crippen LogP contribution in [0.25, 0.3) is 0 Å². The predicted octanol–water partition coefficient (Wildman–Crippen LogP) is 0.502. The zero-order chi connectivity index (χ0) is 16.2. The van der Waals surface area contributed by atoms with E-state index in [9.17, 15) is 9.59 Å². The van der Waals surface area contributed by atoms with Crippen LogP contribution in [0.5, 0.6) is 0 Å². The molecule has 0 fully saturated rings. The molecular weight excluding hydrogens is 280 g/mol. The fraction of sp³-hybridized carbons (Fsp3) is 0.375. The molecule has 0 saturated heterocycles. The molecule has 1 aromatic carbocycles. The summed E-state index contributed by atoms with van der Waals surface area (Å²) < 4.78 is 0. The lowest BCUT2D eigenvalue weighted by Crippen LogP contribution is -2.45. The van der Waals surface area contributed by atoms with E-state index < -0.39 is 6.03 Å². The number of imide groups is 1. The van der Waals surface area contributed by atoms with Gasteiger partial charge in [-0.05, 0) is 12.0 Å². The first kappa shape index (κ1) is 17.9. The van der Waals surface area contributed by atoms with Gasteiger partial charge in [0.15, 0.2) is 0 Å². The van der Waals surface area contributed by atoms with Crippen LogP contribution in [0.4, 0.5) is 4.79 Å². The lowest BCUT2D eigenvalue weighted by atomic mass is 10.1. The third-order valence-corrected chi connectivity index (χ3v) is 3.03. The molecular formula is C16H24N4O2. The topological polar surface area (TPSA) is 87.5 Å². The first-order chi connectivity index (χ1) is 10.7. The van der Waals surface area contributed by atoms with Crippen molar-refractivity contribution in [1.29, 1.82) is 0 Å². The summed E-state index contributed by atoms with van der Waals surface area (Å²) >= 11 is 0. The molecule has 0 aliphatic rings. The van der Waals surface area contributed by atoms with E-state index in [2.05, 4.69) is 17.2 Å². The van der Waals surface area contributed by atoms with Crippen molar-refractivity contribution in [2.24, 2.45) is 5.73 Å². The molecule has 22 heavy (non-hydrogen) atoms. The zero-order valence-electron chi connectivity index (χ0n) is 12.8. The summed E-state index contributed by atoms with van der Waals surface area (Å²) in [5.74, 6) is -0.344. The number of nitrogens with two attached hydrogens (primary N) is 1. The number of hydrogen-bond donors (Lipinski definition) is 3. The molecule has 0 aromatic heterocycles. The summed E-state index contributed by atoms with van der Waals surface area (Å²) in [4.78, 5) is 25.2. The Morgan fingerprint density at radius 3 is 2.59 bits per heavy atom. The number of urea groups is 1. The maximum Gasteiger partial charge on any atom is 0.321 e. The molecule has 3 amide bonds. The summed E-state index contributed by atoms with van der Waals surface area (Å²) in [5, 5.41) is 4.78. The Bertz CT molecular complexity index is 476. The highest BCUT2D eigenvalue weighted by molar-refractivity contribution is 5.95. The summed E-state index contributed by atoms with van der Waals surface area (Å²) in [5.41, 5.74) is 6.78. The van der Waals surface area contributed by atoms with Gasteiger partial charge in [-0.1, -0.05) is 36.4 Å². The second-order valence-electron chi connectivity index (χ2n) is 4.85. The fourth-order valence-corrected chi connectivity index (χ4v) is 1.96. The molecule has 0 bridgehead atoms. The zero-order valence-corrected chi connectivity index (χ0v) is 12.8. The van der Waals surface area contributed by atoms with Gasteiger partial charge in [-0.2, -0.15) is 0 Å². The molecule has 0 aliphatic carbocycles. The van der Waals surface area contributed by atoms with Crippen molar-refractivity contribution in [2.45, 2.75) is 6.42 Å². The highest BCUT2D eigenvalue weighted by atomic mass is 16.2. The SMILES string of the molecule is C=CCNC(=O)NC(=O)CN(CCN)CCc1ccccc1. The number of nitrogens with one attached hydrogen (secondary N) is 2. The number of rotatable bonds is 9. The van der Waals surface area contributed by atoms with Gasteiger partial charge in [-0.3, -0.25) is 15.0 Å². The van der Waals surface area contributed by atoms with Gasteiger partial charge in [0, 0.05) is 26.2 Å². The van der Waals surface area contributed by atoms with Crippen LogP contribution < -0.4 is 16.4 Å². The molecule has 0 radical (unpaired) electrons. The molecule has 6 heteroatoms. The predicted molar refractivity (Wildman–Crippen MR) is 87.4 cm³/mol. The van der Waals surface area contributed by atoms with Gasteiger partial charge in [0.2, 0.25) is 5.91 Å². The average molecular weight is 304 g/mol. The minimum absolute atomic E-state index is 0.144. The standard InChI is InChI=1S/C16H24N4O2/c1-2-10-18-16(22)19-15(21)13-20(12-9-17)11-8-14-6-4-3-5-7-14/h2-7H,1,8-13,17H2,(H2,18,19,21,22). The molecule has 0 aliphatic heterocycles. The molecule has 1 aromatic rings. The summed E-state index contributed by atoms with van der Waals surface area (Å²) in [6, 6.07) is 9.52. The first-order valence-corrected chi connectivity index (χ1v) is 7.30. The normalized spacial score (nSPS) is 10.3. The van der Waals surface area contributed by atoms with Crippen molar-refractivity contribution in [3.63, 3.8) is 0 Å². The van der Waals surface area contributed by atoms with Crippen LogP contribution >= 0.6 is 0 Å². The van der Waals surface area contributed by atoms with Gasteiger partial charge in [0.25, 0.3) is 0 Å². The van der Waals surface area contributed by atoms with E-state index >= 15 is 0 Å². The van der Waals surface area contributed by atoms with E-state index in [1.807, 2.05) is 35.2 Å². The van der Waals surface area contributed by atoms with E-state index in [0.29, 0.717) is 26.2 Å². The number of carbonyl (C=O) groups excluding carboxylic acids is 2. The molecule has 0 heterocycles. The van der Waals surface area contributed by atoms with Crippen LogP contribution in [0.15, 0.2) is 43.0 Å². The first-order valence-electron chi connectivity index (χ1n) is 7.30. The largest absolute Gasteiger partial charge is 0.334 e. The number of benzene rings is 1. The van der Waals surface area contributed by atoms with E-state index in [1.165, 1.54) is 5.56 Å². The molecule has 0 unspecified atom stereocenters. The van der Waals surface area contributed by atoms with Gasteiger partial charge in [0.05, 0.1) is 6.54 Å². The maximum atomic E-state index is 11.8. The van der Waals surface area contributed by atoms with Crippen molar-refractivity contribution >= 4 is 11.9 Å². The van der Waals surface area contributed by atoms with Gasteiger partial charge in [-0.15, -0.1) is 6.58 Å². The summed E-state index contributed by atoms with van der Waals surface area (Å²) in [7, 11) is 0. The van der Waals surface area contributed by atoms with Crippen molar-refractivity contribution < 1.29 is 9.59 Å². The third kappa shape index (κ3) is 7.56. The Balaban J connectivity index is 2.40. The Morgan fingerprint density at radius 2 is 1.95 bits per heavy atom. The average Bonchev–Trinajstić information content (AvgIpc) is 2.51. The Kier molecular flexibility index (Phi) is 8.56. The van der Waals surface area contributed by atoms with E-state index in [4.69, 9.17) is 5.73 Å². The second-order valence-corrected chi connectivity index (χ2v) is 4.85. The van der Waals surface area contributed by atoms with Gasteiger partial charge < -0.3 is 11.1 Å². The number of amides is 3. The Morgan fingerprint density at radius 1 is 1.23 bits per heavy atom. The Hall–Kier alpha value is -2.18. The minimum Gasteiger partial charge on any atom is -0.334 e.